The molecule has 0 saturated heterocycles. The van der Waals surface area contributed by atoms with Gasteiger partial charge in [-0.15, -0.1) is 0 Å². The van der Waals surface area contributed by atoms with Crippen molar-refractivity contribution in [3.05, 3.63) is 104 Å². The van der Waals surface area contributed by atoms with Gasteiger partial charge in [-0.3, -0.25) is 9.59 Å². The van der Waals surface area contributed by atoms with Gasteiger partial charge in [0, 0.05) is 24.4 Å². The third-order valence-electron chi connectivity index (χ3n) is 8.40. The number of nitrogens with one attached hydrogen (secondary N) is 1. The number of fused-ring (bicyclic) bond motifs is 1. The van der Waals surface area contributed by atoms with E-state index < -0.39 is 23.3 Å². The van der Waals surface area contributed by atoms with Crippen molar-refractivity contribution in [2.24, 2.45) is 0 Å². The number of aromatic amines is 1. The molecule has 208 valence electrons. The number of carbonyl (C=O) groups is 1. The van der Waals surface area contributed by atoms with Gasteiger partial charge in [-0.05, 0) is 66.5 Å². The summed E-state index contributed by atoms with van der Waals surface area (Å²) >= 11 is 6.03. The summed E-state index contributed by atoms with van der Waals surface area (Å²) in [5.41, 5.74) is 3.68. The van der Waals surface area contributed by atoms with E-state index in [0.29, 0.717) is 53.5 Å². The Morgan fingerprint density at radius 3 is 2.62 bits per heavy atom. The van der Waals surface area contributed by atoms with E-state index in [4.69, 9.17) is 16.6 Å². The number of halogens is 3. The Balaban J connectivity index is 1.26. The van der Waals surface area contributed by atoms with Crippen LogP contribution in [-0.4, -0.2) is 38.3 Å². The van der Waals surface area contributed by atoms with E-state index in [1.165, 1.54) is 4.90 Å². The number of carbonyl (C=O) groups excluding carboxylic acids is 1. The van der Waals surface area contributed by atoms with E-state index in [1.807, 2.05) is 24.3 Å². The number of nitrogens with zero attached hydrogens (tertiary/aromatic N) is 2. The van der Waals surface area contributed by atoms with Crippen molar-refractivity contribution >= 4 is 23.1 Å². The van der Waals surface area contributed by atoms with E-state index in [0.717, 1.165) is 29.5 Å². The summed E-state index contributed by atoms with van der Waals surface area (Å²) < 4.78 is 27.3. The zero-order valence-corrected chi connectivity index (χ0v) is 22.7. The molecule has 1 atom stereocenters. The van der Waals surface area contributed by atoms with Crippen LogP contribution >= 0.6 is 11.6 Å². The number of H-pyrrole nitrogens is 1. The van der Waals surface area contributed by atoms with Crippen molar-refractivity contribution in [1.29, 1.82) is 0 Å². The number of aromatic nitrogens is 2. The number of benzene rings is 2. The Bertz CT molecular complexity index is 1560. The maximum absolute atomic E-state index is 13.7. The summed E-state index contributed by atoms with van der Waals surface area (Å²) in [7, 11) is 0. The minimum Gasteiger partial charge on any atom is -0.378 e. The second kappa shape index (κ2) is 10.2. The molecule has 0 bridgehead atoms. The molecule has 6 nitrogen and oxygen atoms in total. The molecule has 6 rings (SSSR count). The van der Waals surface area contributed by atoms with Crippen LogP contribution < -0.4 is 5.56 Å². The molecule has 3 aliphatic rings. The van der Waals surface area contributed by atoms with Gasteiger partial charge in [0.1, 0.15) is 5.82 Å². The van der Waals surface area contributed by atoms with Gasteiger partial charge in [0.05, 0.1) is 23.2 Å². The molecule has 0 radical (unpaired) electrons. The number of aliphatic hydroxyl groups excluding tert-OH is 1. The van der Waals surface area contributed by atoms with E-state index in [2.05, 4.69) is 4.98 Å². The summed E-state index contributed by atoms with van der Waals surface area (Å²) in [6.07, 6.45) is 3.01. The van der Waals surface area contributed by atoms with Crippen molar-refractivity contribution in [3.63, 3.8) is 0 Å². The average molecular weight is 566 g/mol. The molecule has 3 aromatic rings. The molecule has 40 heavy (non-hydrogen) atoms. The third kappa shape index (κ3) is 5.10. The molecule has 2 N–H and O–H groups in total. The van der Waals surface area contributed by atoms with Crippen molar-refractivity contribution in [3.8, 4) is 0 Å². The third-order valence-corrected chi connectivity index (χ3v) is 8.63. The van der Waals surface area contributed by atoms with E-state index in [9.17, 15) is 23.5 Å². The van der Waals surface area contributed by atoms with Crippen LogP contribution in [0.25, 0.3) is 5.57 Å². The van der Waals surface area contributed by atoms with Crippen LogP contribution in [0.3, 0.4) is 0 Å². The smallest absolute Gasteiger partial charge is 0.256 e. The number of aliphatic hydroxyl groups is 1. The summed E-state index contributed by atoms with van der Waals surface area (Å²) in [6, 6.07) is 14.5. The summed E-state index contributed by atoms with van der Waals surface area (Å²) in [4.78, 5) is 36.0. The number of amides is 1. The van der Waals surface area contributed by atoms with Crippen LogP contribution in [0.4, 0.5) is 8.78 Å². The Morgan fingerprint density at radius 1 is 1.10 bits per heavy atom. The zero-order valence-electron chi connectivity index (χ0n) is 21.9. The SMILES string of the molecule is O=C([C@H](O)c1cccc(Cl)c1)N1CCCc2nc(C3(c4cccc(C5=CCC(F)(F)CC5)c4)CC3)[nH]c(=O)c2C1. The van der Waals surface area contributed by atoms with Crippen molar-refractivity contribution in [2.75, 3.05) is 6.54 Å². The molecule has 1 aromatic heterocycles. The van der Waals surface area contributed by atoms with E-state index in [1.54, 1.807) is 30.3 Å². The van der Waals surface area contributed by atoms with Crippen molar-refractivity contribution in [2.45, 2.75) is 68.9 Å². The number of hydrogen-bond donors (Lipinski definition) is 2. The van der Waals surface area contributed by atoms with Crippen molar-refractivity contribution < 1.29 is 18.7 Å². The average Bonchev–Trinajstić information content (AvgIpc) is 3.77. The van der Waals surface area contributed by atoms with Gasteiger partial charge >= 0.3 is 0 Å². The fourth-order valence-corrected chi connectivity index (χ4v) is 6.09. The molecule has 1 fully saturated rings. The van der Waals surface area contributed by atoms with Crippen molar-refractivity contribution in [1.82, 2.24) is 14.9 Å². The first kappa shape index (κ1) is 26.8. The quantitative estimate of drug-likeness (QED) is 0.415. The Hall–Kier alpha value is -3.36. The molecule has 0 spiro atoms. The van der Waals surface area contributed by atoms with E-state index >= 15 is 0 Å². The first-order chi connectivity index (χ1) is 19.1. The highest BCUT2D eigenvalue weighted by atomic mass is 35.5. The molecule has 0 unspecified atom stereocenters. The molecule has 1 saturated carbocycles. The predicted molar refractivity (Wildman–Crippen MR) is 148 cm³/mol. The molecule has 9 heteroatoms. The van der Waals surface area contributed by atoms with Crippen LogP contribution in [0.1, 0.15) is 78.4 Å². The molecule has 2 aromatic carbocycles. The van der Waals surface area contributed by atoms with Gasteiger partial charge in [0.25, 0.3) is 17.4 Å². The summed E-state index contributed by atoms with van der Waals surface area (Å²) in [5, 5.41) is 11.1. The number of aryl methyl sites for hydroxylation is 1. The van der Waals surface area contributed by atoms with Gasteiger partial charge in [0.2, 0.25) is 0 Å². The lowest BCUT2D eigenvalue weighted by atomic mass is 9.87. The maximum atomic E-state index is 13.7. The predicted octanol–water partition coefficient (Wildman–Crippen LogP) is 5.71. The van der Waals surface area contributed by atoms with Gasteiger partial charge in [-0.25, -0.2) is 13.8 Å². The van der Waals surface area contributed by atoms with Gasteiger partial charge in [-0.1, -0.05) is 54.1 Å². The van der Waals surface area contributed by atoms with Crippen LogP contribution in [0.5, 0.6) is 0 Å². The summed E-state index contributed by atoms with van der Waals surface area (Å²) in [5.74, 6) is -2.52. The fraction of sp³-hybridized carbons (Fsp3) is 0.387. The molecule has 1 aliphatic heterocycles. The second-order valence-electron chi connectivity index (χ2n) is 11.1. The molecular formula is C31H30ClF2N3O3. The zero-order chi connectivity index (χ0) is 28.1. The highest BCUT2D eigenvalue weighted by Gasteiger charge is 2.49. The molecule has 2 heterocycles. The number of hydrogen-bond acceptors (Lipinski definition) is 4. The molecule has 2 aliphatic carbocycles. The normalized spacial score (nSPS) is 20.2. The van der Waals surface area contributed by atoms with E-state index in [-0.39, 0.29) is 24.9 Å². The lowest BCUT2D eigenvalue weighted by Gasteiger charge is -2.24. The fourth-order valence-electron chi connectivity index (χ4n) is 5.89. The Morgan fingerprint density at radius 2 is 1.90 bits per heavy atom. The number of alkyl halides is 2. The largest absolute Gasteiger partial charge is 0.378 e. The van der Waals surface area contributed by atoms with Gasteiger partial charge < -0.3 is 15.0 Å². The highest BCUT2D eigenvalue weighted by molar-refractivity contribution is 6.30. The first-order valence-corrected chi connectivity index (χ1v) is 14.1. The first-order valence-electron chi connectivity index (χ1n) is 13.7. The highest BCUT2D eigenvalue weighted by Crippen LogP contribution is 2.52. The van der Waals surface area contributed by atoms with Crippen LogP contribution in [-0.2, 0) is 23.2 Å². The van der Waals surface area contributed by atoms with Crippen LogP contribution in [0.15, 0.2) is 59.4 Å². The summed E-state index contributed by atoms with van der Waals surface area (Å²) in [6.45, 7) is 0.457. The minimum absolute atomic E-state index is 0.0652. The Labute approximate surface area is 235 Å². The molecule has 1 amide bonds. The number of allylic oxidation sites excluding steroid dienone is 2. The topological polar surface area (TPSA) is 86.3 Å². The lowest BCUT2D eigenvalue weighted by Crippen LogP contribution is -2.36. The standard InChI is InChI=1S/C31H30ClF2N3O3/c32-23-7-2-5-21(17-23)26(38)28(40)37-15-3-8-25-24(18-37)27(39)36-29(35-25)30(13-14-30)22-6-1-4-20(16-22)19-9-11-31(33,34)12-10-19/h1-2,4-7,9,16-17,26,38H,3,8,10-15,18H2,(H,35,36,39)/t26-/m1/s1. The Kier molecular flexibility index (Phi) is 6.87. The lowest BCUT2D eigenvalue weighted by molar-refractivity contribution is -0.141. The number of rotatable bonds is 5. The van der Waals surface area contributed by atoms with Crippen LogP contribution in [0, 0.1) is 0 Å². The van der Waals surface area contributed by atoms with Gasteiger partial charge in [0.15, 0.2) is 6.10 Å². The maximum Gasteiger partial charge on any atom is 0.256 e. The minimum atomic E-state index is -2.64. The van der Waals surface area contributed by atoms with Crippen LogP contribution in [0.2, 0.25) is 5.02 Å². The van der Waals surface area contributed by atoms with Gasteiger partial charge in [-0.2, -0.15) is 0 Å². The molecular weight excluding hydrogens is 536 g/mol. The second-order valence-corrected chi connectivity index (χ2v) is 11.5. The monoisotopic (exact) mass is 565 g/mol.